The topological polar surface area (TPSA) is 73.3 Å². The van der Waals surface area contributed by atoms with Crippen molar-refractivity contribution in [1.82, 2.24) is 15.3 Å². The molecule has 2 aromatic rings. The molecule has 0 spiro atoms. The molecule has 1 aromatic carbocycles. The Morgan fingerprint density at radius 1 is 1.04 bits per heavy atom. The monoisotopic (exact) mass is 353 g/mol. The molecule has 0 bridgehead atoms. The lowest BCUT2D eigenvalue weighted by Crippen LogP contribution is -2.46. The van der Waals surface area contributed by atoms with Crippen LogP contribution in [0.4, 0.5) is 0 Å². The standard InChI is InChI=1S/C20H23N3O3/c24-19(18-12-14-4-1-2-5-15(14)13-25-18)23-16-6-8-17(9-7-16)26-20-21-10-3-11-22-20/h1-5,10-11,16-18H,6-9,12-13H2,(H,23,24)/t16?,17?,18-/m1/s1. The summed E-state index contributed by atoms with van der Waals surface area (Å²) in [7, 11) is 0. The van der Waals surface area contributed by atoms with Gasteiger partial charge in [0.15, 0.2) is 0 Å². The third-order valence-corrected chi connectivity index (χ3v) is 5.09. The number of carbonyl (C=O) groups is 1. The number of rotatable bonds is 4. The normalized spacial score (nSPS) is 25.2. The van der Waals surface area contributed by atoms with Crippen molar-refractivity contribution >= 4 is 5.91 Å². The van der Waals surface area contributed by atoms with Crippen molar-refractivity contribution in [2.24, 2.45) is 0 Å². The van der Waals surface area contributed by atoms with Gasteiger partial charge in [-0.15, -0.1) is 0 Å². The molecule has 0 unspecified atom stereocenters. The van der Waals surface area contributed by atoms with Crippen molar-refractivity contribution < 1.29 is 14.3 Å². The van der Waals surface area contributed by atoms with Gasteiger partial charge in [0, 0.05) is 24.9 Å². The van der Waals surface area contributed by atoms with Crippen LogP contribution in [0.1, 0.15) is 36.8 Å². The Kier molecular flexibility index (Phi) is 5.11. The lowest BCUT2D eigenvalue weighted by molar-refractivity contribution is -0.135. The van der Waals surface area contributed by atoms with Gasteiger partial charge in [-0.1, -0.05) is 24.3 Å². The van der Waals surface area contributed by atoms with Gasteiger partial charge in [-0.25, -0.2) is 9.97 Å². The summed E-state index contributed by atoms with van der Waals surface area (Å²) in [5.41, 5.74) is 2.39. The van der Waals surface area contributed by atoms with Crippen molar-refractivity contribution in [3.8, 4) is 6.01 Å². The minimum Gasteiger partial charge on any atom is -0.460 e. The van der Waals surface area contributed by atoms with Gasteiger partial charge >= 0.3 is 6.01 Å². The summed E-state index contributed by atoms with van der Waals surface area (Å²) in [5.74, 6) is -0.00439. The molecule has 2 heterocycles. The average Bonchev–Trinajstić information content (AvgIpc) is 2.70. The highest BCUT2D eigenvalue weighted by Gasteiger charge is 2.29. The number of fused-ring (bicyclic) bond motifs is 1. The van der Waals surface area contributed by atoms with Crippen LogP contribution in [-0.4, -0.2) is 34.1 Å². The van der Waals surface area contributed by atoms with E-state index < -0.39 is 6.10 Å². The second kappa shape index (κ2) is 7.83. The number of carbonyl (C=O) groups excluding carboxylic acids is 1. The first kappa shape index (κ1) is 17.0. The van der Waals surface area contributed by atoms with Crippen molar-refractivity contribution in [2.45, 2.75) is 57.0 Å². The van der Waals surface area contributed by atoms with Crippen molar-refractivity contribution in [3.63, 3.8) is 0 Å². The second-order valence-corrected chi connectivity index (χ2v) is 6.90. The lowest BCUT2D eigenvalue weighted by Gasteiger charge is -2.31. The number of hydrogen-bond acceptors (Lipinski definition) is 5. The highest BCUT2D eigenvalue weighted by Crippen LogP contribution is 2.24. The van der Waals surface area contributed by atoms with Crippen LogP contribution in [0, 0.1) is 0 Å². The number of nitrogens with zero attached hydrogens (tertiary/aromatic N) is 2. The van der Waals surface area contributed by atoms with E-state index in [0.717, 1.165) is 25.7 Å². The third kappa shape index (κ3) is 4.02. The molecule has 1 aliphatic carbocycles. The highest BCUT2D eigenvalue weighted by molar-refractivity contribution is 5.81. The fourth-order valence-corrected chi connectivity index (χ4v) is 3.63. The summed E-state index contributed by atoms with van der Waals surface area (Å²) in [4.78, 5) is 20.8. The number of ether oxygens (including phenoxy) is 2. The smallest absolute Gasteiger partial charge is 0.316 e. The molecule has 2 aliphatic rings. The Balaban J connectivity index is 1.25. The van der Waals surface area contributed by atoms with Crippen LogP contribution in [0.2, 0.25) is 0 Å². The molecule has 26 heavy (non-hydrogen) atoms. The van der Waals surface area contributed by atoms with E-state index in [0.29, 0.717) is 19.0 Å². The zero-order chi connectivity index (χ0) is 17.8. The van der Waals surface area contributed by atoms with E-state index in [4.69, 9.17) is 9.47 Å². The molecule has 1 atom stereocenters. The number of aromatic nitrogens is 2. The minimum absolute atomic E-state index is 0.00439. The maximum atomic E-state index is 12.6. The zero-order valence-electron chi connectivity index (χ0n) is 14.6. The molecular weight excluding hydrogens is 330 g/mol. The molecule has 6 nitrogen and oxygen atoms in total. The third-order valence-electron chi connectivity index (χ3n) is 5.09. The van der Waals surface area contributed by atoms with Crippen LogP contribution in [0.3, 0.4) is 0 Å². The van der Waals surface area contributed by atoms with E-state index >= 15 is 0 Å². The van der Waals surface area contributed by atoms with E-state index in [1.165, 1.54) is 11.1 Å². The predicted octanol–water partition coefficient (Wildman–Crippen LogP) is 2.42. The molecule has 4 rings (SSSR count). The number of nitrogens with one attached hydrogen (secondary N) is 1. The first-order valence-electron chi connectivity index (χ1n) is 9.20. The van der Waals surface area contributed by atoms with Gasteiger partial charge in [-0.2, -0.15) is 0 Å². The summed E-state index contributed by atoms with van der Waals surface area (Å²) >= 11 is 0. The maximum absolute atomic E-state index is 12.6. The van der Waals surface area contributed by atoms with Crippen molar-refractivity contribution in [2.75, 3.05) is 0 Å². The average molecular weight is 353 g/mol. The van der Waals surface area contributed by atoms with Gasteiger partial charge in [0.1, 0.15) is 12.2 Å². The molecule has 1 aliphatic heterocycles. The summed E-state index contributed by atoms with van der Waals surface area (Å²) < 4.78 is 11.6. The Labute approximate surface area is 153 Å². The van der Waals surface area contributed by atoms with Crippen molar-refractivity contribution in [3.05, 3.63) is 53.9 Å². The SMILES string of the molecule is O=C(NC1CCC(Oc2ncccn2)CC1)[C@H]1Cc2ccccc2CO1. The Morgan fingerprint density at radius 3 is 2.54 bits per heavy atom. The molecule has 0 saturated heterocycles. The molecule has 1 N–H and O–H groups in total. The molecule has 136 valence electrons. The Morgan fingerprint density at radius 2 is 1.77 bits per heavy atom. The van der Waals surface area contributed by atoms with Crippen LogP contribution < -0.4 is 10.1 Å². The summed E-state index contributed by atoms with van der Waals surface area (Å²) in [5, 5.41) is 3.15. The van der Waals surface area contributed by atoms with Crippen LogP contribution in [-0.2, 0) is 22.6 Å². The second-order valence-electron chi connectivity index (χ2n) is 6.90. The number of hydrogen-bond donors (Lipinski definition) is 1. The maximum Gasteiger partial charge on any atom is 0.316 e. The first-order valence-corrected chi connectivity index (χ1v) is 9.20. The lowest BCUT2D eigenvalue weighted by atomic mass is 9.92. The number of amides is 1. The van der Waals surface area contributed by atoms with Gasteiger partial charge in [0.2, 0.25) is 5.91 Å². The quantitative estimate of drug-likeness (QED) is 0.914. The van der Waals surface area contributed by atoms with Gasteiger partial charge in [-0.3, -0.25) is 4.79 Å². The minimum atomic E-state index is -0.392. The zero-order valence-corrected chi connectivity index (χ0v) is 14.6. The largest absolute Gasteiger partial charge is 0.460 e. The van der Waals surface area contributed by atoms with E-state index in [2.05, 4.69) is 27.4 Å². The van der Waals surface area contributed by atoms with Gasteiger partial charge < -0.3 is 14.8 Å². The van der Waals surface area contributed by atoms with Crippen LogP contribution in [0.25, 0.3) is 0 Å². The summed E-state index contributed by atoms with van der Waals surface area (Å²) in [6.07, 6.45) is 7.28. The molecule has 1 amide bonds. The fraction of sp³-hybridized carbons (Fsp3) is 0.450. The van der Waals surface area contributed by atoms with Gasteiger partial charge in [0.25, 0.3) is 0 Å². The van der Waals surface area contributed by atoms with E-state index in [9.17, 15) is 4.79 Å². The molecule has 1 saturated carbocycles. The highest BCUT2D eigenvalue weighted by atomic mass is 16.5. The Hall–Kier alpha value is -2.47. The molecule has 1 aromatic heterocycles. The molecule has 0 radical (unpaired) electrons. The summed E-state index contributed by atoms with van der Waals surface area (Å²) in [6, 6.07) is 10.5. The van der Waals surface area contributed by atoms with Crippen LogP contribution in [0.5, 0.6) is 6.01 Å². The fourth-order valence-electron chi connectivity index (χ4n) is 3.63. The predicted molar refractivity (Wildman–Crippen MR) is 95.6 cm³/mol. The van der Waals surface area contributed by atoms with E-state index in [1.54, 1.807) is 18.5 Å². The van der Waals surface area contributed by atoms with Gasteiger partial charge in [-0.05, 0) is 42.9 Å². The van der Waals surface area contributed by atoms with E-state index in [1.807, 2.05) is 12.1 Å². The summed E-state index contributed by atoms with van der Waals surface area (Å²) in [6.45, 7) is 0.506. The molecular formula is C20H23N3O3. The molecule has 1 fully saturated rings. The van der Waals surface area contributed by atoms with Crippen LogP contribution >= 0.6 is 0 Å². The van der Waals surface area contributed by atoms with Gasteiger partial charge in [0.05, 0.1) is 6.61 Å². The van der Waals surface area contributed by atoms with E-state index in [-0.39, 0.29) is 18.1 Å². The van der Waals surface area contributed by atoms with Crippen molar-refractivity contribution in [1.29, 1.82) is 0 Å². The first-order chi connectivity index (χ1) is 12.8. The Bertz CT molecular complexity index is 745. The molecule has 6 heteroatoms. The number of benzene rings is 1. The van der Waals surface area contributed by atoms with Crippen LogP contribution in [0.15, 0.2) is 42.7 Å².